The number of nitrogens with zero attached hydrogens (tertiary/aromatic N) is 2. The molecular formula is C21H24N2O8. The van der Waals surface area contributed by atoms with Gasteiger partial charge in [-0.2, -0.15) is 0 Å². The van der Waals surface area contributed by atoms with Crippen LogP contribution in [0.2, 0.25) is 0 Å². The first kappa shape index (κ1) is 22.2. The second-order valence-electron chi connectivity index (χ2n) is 6.67. The summed E-state index contributed by atoms with van der Waals surface area (Å²) in [6.45, 7) is 2.01. The van der Waals surface area contributed by atoms with Gasteiger partial charge in [-0.3, -0.25) is 10.1 Å². The summed E-state index contributed by atoms with van der Waals surface area (Å²) in [5.41, 5.74) is 1.01. The predicted octanol–water partition coefficient (Wildman–Crippen LogP) is 2.81. The molecule has 1 heterocycles. The first-order valence-electron chi connectivity index (χ1n) is 9.55. The molecule has 2 aromatic carbocycles. The molecule has 3 rings (SSSR count). The van der Waals surface area contributed by atoms with E-state index in [4.69, 9.17) is 23.7 Å². The van der Waals surface area contributed by atoms with E-state index in [9.17, 15) is 14.9 Å². The summed E-state index contributed by atoms with van der Waals surface area (Å²) in [5, 5.41) is 11.6. The van der Waals surface area contributed by atoms with Crippen LogP contribution in [0.4, 0.5) is 11.4 Å². The lowest BCUT2D eigenvalue weighted by atomic mass is 10.1. The van der Waals surface area contributed by atoms with E-state index in [2.05, 4.69) is 0 Å². The Bertz CT molecular complexity index is 931. The van der Waals surface area contributed by atoms with Crippen LogP contribution in [0.5, 0.6) is 17.2 Å². The average molecular weight is 432 g/mol. The lowest BCUT2D eigenvalue weighted by Crippen LogP contribution is -2.36. The van der Waals surface area contributed by atoms with Crippen LogP contribution in [-0.4, -0.2) is 58.5 Å². The largest absolute Gasteiger partial charge is 0.493 e. The predicted molar refractivity (Wildman–Crippen MR) is 111 cm³/mol. The number of nitro groups is 1. The molecule has 10 nitrogen and oxygen atoms in total. The van der Waals surface area contributed by atoms with E-state index in [1.165, 1.54) is 33.5 Å². The Morgan fingerprint density at radius 2 is 1.71 bits per heavy atom. The standard InChI is InChI=1S/C21H24N2O8/c1-27-18-10-14(11-19(28-2)20(18)29-3)13-31-21(24)15-4-5-16(17(12-15)23(25)26)22-6-8-30-9-7-22/h4-5,10-12H,6-9,13H2,1-3H3. The fraction of sp³-hybridized carbons (Fsp3) is 0.381. The Kier molecular flexibility index (Phi) is 7.14. The van der Waals surface area contributed by atoms with Gasteiger partial charge in [-0.25, -0.2) is 4.79 Å². The molecule has 0 bridgehead atoms. The van der Waals surface area contributed by atoms with E-state index in [0.717, 1.165) is 0 Å². The van der Waals surface area contributed by atoms with Crippen molar-refractivity contribution < 1.29 is 33.4 Å². The third kappa shape index (κ3) is 4.97. The number of morpholine rings is 1. The SMILES string of the molecule is COc1cc(COC(=O)c2ccc(N3CCOCC3)c([N+](=O)[O-])c2)cc(OC)c1OC. The molecule has 31 heavy (non-hydrogen) atoms. The van der Waals surface area contributed by atoms with Gasteiger partial charge in [0.1, 0.15) is 12.3 Å². The Morgan fingerprint density at radius 1 is 1.06 bits per heavy atom. The van der Waals surface area contributed by atoms with Gasteiger partial charge in [0.25, 0.3) is 5.69 Å². The van der Waals surface area contributed by atoms with Crippen LogP contribution in [0, 0.1) is 10.1 Å². The molecule has 0 atom stereocenters. The van der Waals surface area contributed by atoms with Crippen LogP contribution in [0.1, 0.15) is 15.9 Å². The summed E-state index contributed by atoms with van der Waals surface area (Å²) in [5.74, 6) is 0.608. The van der Waals surface area contributed by atoms with E-state index in [0.29, 0.717) is 54.8 Å². The number of hydrogen-bond donors (Lipinski definition) is 0. The molecule has 0 spiro atoms. The minimum Gasteiger partial charge on any atom is -0.493 e. The molecule has 1 aliphatic rings. The maximum atomic E-state index is 12.5. The maximum absolute atomic E-state index is 12.5. The highest BCUT2D eigenvalue weighted by molar-refractivity contribution is 5.91. The van der Waals surface area contributed by atoms with Crippen molar-refractivity contribution in [1.82, 2.24) is 0 Å². The quantitative estimate of drug-likeness (QED) is 0.353. The van der Waals surface area contributed by atoms with E-state index < -0.39 is 10.9 Å². The summed E-state index contributed by atoms with van der Waals surface area (Å²) < 4.78 is 26.5. The van der Waals surface area contributed by atoms with Crippen LogP contribution in [0.3, 0.4) is 0 Å². The number of nitro benzene ring substituents is 1. The van der Waals surface area contributed by atoms with Crippen molar-refractivity contribution in [3.8, 4) is 17.2 Å². The zero-order chi connectivity index (χ0) is 22.4. The van der Waals surface area contributed by atoms with Crippen molar-refractivity contribution in [3.05, 3.63) is 51.6 Å². The van der Waals surface area contributed by atoms with E-state index in [1.807, 2.05) is 4.90 Å². The van der Waals surface area contributed by atoms with Gasteiger partial charge in [-0.15, -0.1) is 0 Å². The number of carbonyl (C=O) groups excluding carboxylic acids is 1. The smallest absolute Gasteiger partial charge is 0.338 e. The van der Waals surface area contributed by atoms with Crippen molar-refractivity contribution in [3.63, 3.8) is 0 Å². The fourth-order valence-corrected chi connectivity index (χ4v) is 3.32. The monoisotopic (exact) mass is 432 g/mol. The first-order chi connectivity index (χ1) is 15.0. The van der Waals surface area contributed by atoms with Gasteiger partial charge in [0.15, 0.2) is 11.5 Å². The Balaban J connectivity index is 1.77. The Labute approximate surface area is 179 Å². The number of anilines is 1. The van der Waals surface area contributed by atoms with Crippen LogP contribution < -0.4 is 19.1 Å². The third-order valence-electron chi connectivity index (χ3n) is 4.85. The Hall–Kier alpha value is -3.53. The molecule has 10 heteroatoms. The second kappa shape index (κ2) is 9.98. The molecule has 1 aliphatic heterocycles. The molecule has 0 saturated carbocycles. The van der Waals surface area contributed by atoms with Crippen molar-refractivity contribution in [2.45, 2.75) is 6.61 Å². The minimum atomic E-state index is -0.676. The highest BCUT2D eigenvalue weighted by atomic mass is 16.6. The molecule has 1 saturated heterocycles. The lowest BCUT2D eigenvalue weighted by molar-refractivity contribution is -0.384. The highest BCUT2D eigenvalue weighted by Crippen LogP contribution is 2.38. The number of rotatable bonds is 8. The number of methoxy groups -OCH3 is 3. The van der Waals surface area contributed by atoms with E-state index in [1.54, 1.807) is 18.2 Å². The first-order valence-corrected chi connectivity index (χ1v) is 9.55. The van der Waals surface area contributed by atoms with Crippen molar-refractivity contribution >= 4 is 17.3 Å². The van der Waals surface area contributed by atoms with Gasteiger partial charge >= 0.3 is 5.97 Å². The highest BCUT2D eigenvalue weighted by Gasteiger charge is 2.24. The number of esters is 1. The molecule has 0 aliphatic carbocycles. The van der Waals surface area contributed by atoms with Gasteiger partial charge in [0.05, 0.1) is 45.0 Å². The average Bonchev–Trinajstić information content (AvgIpc) is 2.81. The van der Waals surface area contributed by atoms with Crippen molar-refractivity contribution in [1.29, 1.82) is 0 Å². The Morgan fingerprint density at radius 3 is 2.26 bits per heavy atom. The second-order valence-corrected chi connectivity index (χ2v) is 6.67. The van der Waals surface area contributed by atoms with Gasteiger partial charge in [0, 0.05) is 19.2 Å². The molecule has 0 unspecified atom stereocenters. The van der Waals surface area contributed by atoms with Crippen molar-refractivity contribution in [2.24, 2.45) is 0 Å². The normalized spacial score (nSPS) is 13.5. The lowest BCUT2D eigenvalue weighted by Gasteiger charge is -2.28. The number of hydrogen-bond acceptors (Lipinski definition) is 9. The molecule has 0 amide bonds. The topological polar surface area (TPSA) is 110 Å². The molecule has 0 aromatic heterocycles. The zero-order valence-corrected chi connectivity index (χ0v) is 17.6. The van der Waals surface area contributed by atoms with Gasteiger partial charge in [-0.05, 0) is 29.8 Å². The minimum absolute atomic E-state index is 0.0748. The van der Waals surface area contributed by atoms with Crippen LogP contribution >= 0.6 is 0 Å². The summed E-state index contributed by atoms with van der Waals surface area (Å²) in [4.78, 5) is 25.5. The molecular weight excluding hydrogens is 408 g/mol. The van der Waals surface area contributed by atoms with E-state index in [-0.39, 0.29) is 17.9 Å². The number of benzene rings is 2. The zero-order valence-electron chi connectivity index (χ0n) is 17.6. The fourth-order valence-electron chi connectivity index (χ4n) is 3.32. The summed E-state index contributed by atoms with van der Waals surface area (Å²) >= 11 is 0. The third-order valence-corrected chi connectivity index (χ3v) is 4.85. The van der Waals surface area contributed by atoms with Crippen LogP contribution in [0.15, 0.2) is 30.3 Å². The maximum Gasteiger partial charge on any atom is 0.338 e. The molecule has 1 fully saturated rings. The van der Waals surface area contributed by atoms with Crippen LogP contribution in [0.25, 0.3) is 0 Å². The van der Waals surface area contributed by atoms with Gasteiger partial charge < -0.3 is 28.6 Å². The molecule has 0 radical (unpaired) electrons. The van der Waals surface area contributed by atoms with Gasteiger partial charge in [0.2, 0.25) is 5.75 Å². The molecule has 2 aromatic rings. The van der Waals surface area contributed by atoms with Gasteiger partial charge in [-0.1, -0.05) is 0 Å². The molecule has 0 N–H and O–H groups in total. The summed E-state index contributed by atoms with van der Waals surface area (Å²) in [6, 6.07) is 7.66. The number of carbonyl (C=O) groups is 1. The van der Waals surface area contributed by atoms with Crippen LogP contribution in [-0.2, 0) is 16.1 Å². The van der Waals surface area contributed by atoms with Crippen molar-refractivity contribution in [2.75, 3.05) is 52.5 Å². The summed E-state index contributed by atoms with van der Waals surface area (Å²) in [6.07, 6.45) is 0. The molecule has 166 valence electrons. The number of ether oxygens (including phenoxy) is 5. The summed E-state index contributed by atoms with van der Waals surface area (Å²) in [7, 11) is 4.47. The van der Waals surface area contributed by atoms with E-state index >= 15 is 0 Å².